The van der Waals surface area contributed by atoms with Crippen molar-refractivity contribution in [2.75, 3.05) is 20.6 Å². The van der Waals surface area contributed by atoms with Gasteiger partial charge in [-0.3, -0.25) is 39.0 Å². The molecule has 9 atom stereocenters. The Hall–Kier alpha value is -7.11. The smallest absolute Gasteiger partial charge is 0.255 e. The molecule has 3 aliphatic carbocycles. The minimum absolute atomic E-state index is 0.0768. The summed E-state index contributed by atoms with van der Waals surface area (Å²) < 4.78 is 6.14. The molecule has 0 bridgehead atoms. The third-order valence-electron chi connectivity index (χ3n) is 16.2. The van der Waals surface area contributed by atoms with E-state index in [0.29, 0.717) is 24.2 Å². The minimum Gasteiger partial charge on any atom is -0.489 e. The molecular formula is C61H79N9O8. The average molecular weight is 1070 g/mol. The summed E-state index contributed by atoms with van der Waals surface area (Å²) in [5.74, 6) is -2.72. The normalized spacial score (nSPS) is 21.9. The quantitative estimate of drug-likeness (QED) is 0.0588. The number of likely N-dealkylation sites (N-methyl/N-ethyl adjacent to an activating group) is 2. The minimum atomic E-state index is -0.941. The number of amides is 7. The van der Waals surface area contributed by atoms with Crippen molar-refractivity contribution in [3.05, 3.63) is 136 Å². The number of carbonyl (C=O) groups is 7. The fraction of sp³-hybridized carbons (Fsp3) is 0.492. The van der Waals surface area contributed by atoms with Crippen molar-refractivity contribution in [2.45, 2.75) is 154 Å². The van der Waals surface area contributed by atoms with Crippen LogP contribution in [0.25, 0.3) is 0 Å². The lowest BCUT2D eigenvalue weighted by Gasteiger charge is -2.36. The van der Waals surface area contributed by atoms with Crippen LogP contribution < -0.4 is 42.1 Å². The summed E-state index contributed by atoms with van der Waals surface area (Å²) in [6, 6.07) is 26.7. The molecule has 0 aromatic heterocycles. The van der Waals surface area contributed by atoms with Gasteiger partial charge in [0.25, 0.3) is 11.8 Å². The molecule has 0 spiro atoms. The lowest BCUT2D eigenvalue weighted by molar-refractivity contribution is -0.148. The summed E-state index contributed by atoms with van der Waals surface area (Å²) >= 11 is 0. The highest BCUT2D eigenvalue weighted by atomic mass is 16.5. The molecule has 416 valence electrons. The molecule has 8 rings (SSSR count). The van der Waals surface area contributed by atoms with Gasteiger partial charge in [0.1, 0.15) is 24.4 Å². The second-order valence-electron chi connectivity index (χ2n) is 22.7. The zero-order valence-electron chi connectivity index (χ0n) is 46.3. The van der Waals surface area contributed by atoms with E-state index in [-0.39, 0.29) is 73.6 Å². The second-order valence-corrected chi connectivity index (χ2v) is 22.7. The molecule has 17 heteroatoms. The molecule has 1 saturated carbocycles. The molecule has 78 heavy (non-hydrogen) atoms. The molecule has 1 saturated heterocycles. The van der Waals surface area contributed by atoms with Gasteiger partial charge in [0, 0.05) is 24.1 Å². The number of ether oxygens (including phenoxy) is 1. The standard InChI is InChI=1S/C61H79N9O8/c1-37(62-6)54(71)67-53(61(3,4)5)60(77)69-35-44(33-52(69)58(75)66-51-24-13-18-42-16-9-11-20-47(42)51)64-56(73)43-29-25-40(26-30-43)36-78-45-31-27-39(28-32-45)34-70(68-55(72)38(2)63-7)59(76)49-22-14-21-48(49)57(74)65-50-23-12-17-41-15-8-10-19-46(41)50/h8-11,15-16,19-20,25-32,37-38,44,48-53,62-63H,12-14,17-18,21-24,33-36H2,1-7H3,(H,64,73)(H,65,74)(H,66,75)(H,67,71)(H,68,72)/t37-,38-,44-,48?,49-,50?,51?,52?,53?/m0/s1. The Morgan fingerprint density at radius 2 is 1.22 bits per heavy atom. The summed E-state index contributed by atoms with van der Waals surface area (Å²) in [4.78, 5) is 98.9. The van der Waals surface area contributed by atoms with Crippen LogP contribution in [-0.4, -0.2) is 102 Å². The van der Waals surface area contributed by atoms with Crippen molar-refractivity contribution in [3.63, 3.8) is 0 Å². The van der Waals surface area contributed by atoms with Crippen molar-refractivity contribution in [1.82, 2.24) is 47.2 Å². The molecule has 7 amide bonds. The number of likely N-dealkylation sites (tertiary alicyclic amines) is 1. The van der Waals surface area contributed by atoms with E-state index in [1.165, 1.54) is 21.0 Å². The maximum Gasteiger partial charge on any atom is 0.255 e. The number of hydrogen-bond acceptors (Lipinski definition) is 10. The first kappa shape index (κ1) is 57.1. The Bertz CT molecular complexity index is 2800. The summed E-state index contributed by atoms with van der Waals surface area (Å²) in [5.41, 5.74) is 8.72. The Morgan fingerprint density at radius 1 is 0.654 bits per heavy atom. The highest BCUT2D eigenvalue weighted by Crippen LogP contribution is 2.37. The molecular weight excluding hydrogens is 987 g/mol. The number of nitrogens with one attached hydrogen (secondary N) is 7. The summed E-state index contributed by atoms with van der Waals surface area (Å²) in [6.07, 6.45) is 7.47. The Balaban J connectivity index is 0.886. The van der Waals surface area contributed by atoms with Gasteiger partial charge in [-0.25, -0.2) is 5.01 Å². The van der Waals surface area contributed by atoms with Gasteiger partial charge in [0.2, 0.25) is 29.5 Å². The topological polar surface area (TPSA) is 219 Å². The summed E-state index contributed by atoms with van der Waals surface area (Å²) in [6.45, 7) is 9.39. The van der Waals surface area contributed by atoms with Crippen molar-refractivity contribution in [3.8, 4) is 5.75 Å². The van der Waals surface area contributed by atoms with Gasteiger partial charge in [-0.2, -0.15) is 0 Å². The summed E-state index contributed by atoms with van der Waals surface area (Å²) in [5, 5.41) is 19.7. The number of hydrazine groups is 1. The van der Waals surface area contributed by atoms with Gasteiger partial charge in [0.15, 0.2) is 0 Å². The second kappa shape index (κ2) is 25.6. The zero-order chi connectivity index (χ0) is 55.7. The zero-order valence-corrected chi connectivity index (χ0v) is 46.3. The van der Waals surface area contributed by atoms with Gasteiger partial charge < -0.3 is 41.5 Å². The molecule has 5 unspecified atom stereocenters. The number of carbonyl (C=O) groups excluding carboxylic acids is 7. The van der Waals surface area contributed by atoms with Crippen LogP contribution in [0.2, 0.25) is 0 Å². The number of fused-ring (bicyclic) bond motifs is 2. The molecule has 17 nitrogen and oxygen atoms in total. The van der Waals surface area contributed by atoms with Crippen molar-refractivity contribution < 1.29 is 38.3 Å². The number of benzene rings is 4. The summed E-state index contributed by atoms with van der Waals surface area (Å²) in [7, 11) is 3.35. The Morgan fingerprint density at radius 3 is 1.82 bits per heavy atom. The number of rotatable bonds is 18. The SMILES string of the molecule is CN[C@@H](C)C(=O)NC(C(=O)N1C[C@@H](NC(=O)c2ccc(COc3ccc(CN(NC(=O)[C@H](C)NC)C(=O)[C@H]4CCCC4C(=O)NC4CCCc5ccccc54)cc3)cc2)CC1C(=O)NC1CCCc2ccccc21)C(C)(C)C. The van der Waals surface area contributed by atoms with Gasteiger partial charge >= 0.3 is 0 Å². The van der Waals surface area contributed by atoms with E-state index in [9.17, 15) is 33.6 Å². The van der Waals surface area contributed by atoms with Crippen LogP contribution in [0.5, 0.6) is 5.75 Å². The number of hydrogen-bond donors (Lipinski definition) is 7. The van der Waals surface area contributed by atoms with E-state index < -0.39 is 53.4 Å². The van der Waals surface area contributed by atoms with E-state index in [4.69, 9.17) is 4.74 Å². The van der Waals surface area contributed by atoms with Crippen LogP contribution in [0.15, 0.2) is 97.1 Å². The van der Waals surface area contributed by atoms with Crippen molar-refractivity contribution >= 4 is 41.4 Å². The van der Waals surface area contributed by atoms with Gasteiger partial charge in [-0.05, 0) is 149 Å². The molecule has 1 aliphatic heterocycles. The molecule has 4 aromatic rings. The maximum absolute atomic E-state index is 14.6. The Kier molecular flexibility index (Phi) is 18.7. The largest absolute Gasteiger partial charge is 0.489 e. The fourth-order valence-electron chi connectivity index (χ4n) is 11.4. The van der Waals surface area contributed by atoms with Crippen LogP contribution in [0.3, 0.4) is 0 Å². The van der Waals surface area contributed by atoms with Crippen molar-refractivity contribution in [2.24, 2.45) is 17.3 Å². The van der Waals surface area contributed by atoms with Crippen molar-refractivity contribution in [1.29, 1.82) is 0 Å². The molecule has 0 radical (unpaired) electrons. The molecule has 4 aliphatic rings. The van der Waals surface area contributed by atoms with Crippen LogP contribution >= 0.6 is 0 Å². The van der Waals surface area contributed by atoms with Crippen LogP contribution in [-0.2, 0) is 54.8 Å². The Labute approximate surface area is 459 Å². The number of nitrogens with zero attached hydrogens (tertiary/aromatic N) is 2. The predicted octanol–water partition coefficient (Wildman–Crippen LogP) is 5.88. The highest BCUT2D eigenvalue weighted by Gasteiger charge is 2.46. The van der Waals surface area contributed by atoms with Crippen LogP contribution in [0.4, 0.5) is 0 Å². The lowest BCUT2D eigenvalue weighted by Crippen LogP contribution is -2.59. The van der Waals surface area contributed by atoms with Crippen LogP contribution in [0.1, 0.15) is 142 Å². The maximum atomic E-state index is 14.6. The van der Waals surface area contributed by atoms with E-state index >= 15 is 0 Å². The average Bonchev–Trinajstić information content (AvgIpc) is 4.12. The van der Waals surface area contributed by atoms with Gasteiger partial charge in [-0.1, -0.05) is 100.0 Å². The van der Waals surface area contributed by atoms with Gasteiger partial charge in [0.05, 0.1) is 36.6 Å². The third kappa shape index (κ3) is 13.8. The van der Waals surface area contributed by atoms with Gasteiger partial charge in [-0.15, -0.1) is 0 Å². The lowest BCUT2D eigenvalue weighted by atomic mass is 9.85. The van der Waals surface area contributed by atoms with E-state index in [2.05, 4.69) is 55.5 Å². The van der Waals surface area contributed by atoms with E-state index in [0.717, 1.165) is 67.2 Å². The highest BCUT2D eigenvalue weighted by molar-refractivity contribution is 5.96. The first-order valence-corrected chi connectivity index (χ1v) is 27.9. The van der Waals surface area contributed by atoms with E-state index in [1.54, 1.807) is 64.3 Å². The molecule has 7 N–H and O–H groups in total. The third-order valence-corrected chi connectivity index (χ3v) is 16.2. The van der Waals surface area contributed by atoms with E-state index in [1.807, 2.05) is 63.2 Å². The monoisotopic (exact) mass is 1070 g/mol. The molecule has 4 aromatic carbocycles. The van der Waals surface area contributed by atoms with Crippen LogP contribution in [0, 0.1) is 17.3 Å². The molecule has 2 fully saturated rings. The number of aryl methyl sites for hydroxylation is 2. The molecule has 1 heterocycles. The predicted molar refractivity (Wildman–Crippen MR) is 297 cm³/mol. The first-order chi connectivity index (χ1) is 37.4. The first-order valence-electron chi connectivity index (χ1n) is 27.9. The fourth-order valence-corrected chi connectivity index (χ4v) is 11.4.